The molecule has 4 aliphatic rings. The van der Waals surface area contributed by atoms with E-state index in [1.54, 1.807) is 5.57 Å². The van der Waals surface area contributed by atoms with Crippen LogP contribution in [0.25, 0.3) is 0 Å². The molecule has 1 aromatic rings. The van der Waals surface area contributed by atoms with E-state index < -0.39 is 10.9 Å². The van der Waals surface area contributed by atoms with Crippen molar-refractivity contribution < 1.29 is 4.74 Å². The maximum Gasteiger partial charge on any atom is 0.253 e. The Labute approximate surface area is 267 Å². The van der Waals surface area contributed by atoms with Crippen molar-refractivity contribution in [2.45, 2.75) is 118 Å². The topological polar surface area (TPSA) is 70.7 Å². The van der Waals surface area contributed by atoms with Gasteiger partial charge in [-0.3, -0.25) is 9.59 Å². The highest BCUT2D eigenvalue weighted by Crippen LogP contribution is 2.67. The minimum Gasteiger partial charge on any atom is -0.380 e. The summed E-state index contributed by atoms with van der Waals surface area (Å²) in [6.07, 6.45) is 18.4. The predicted molar refractivity (Wildman–Crippen MR) is 184 cm³/mol. The lowest BCUT2D eigenvalue weighted by molar-refractivity contribution is -0.0632. The van der Waals surface area contributed by atoms with Gasteiger partial charge in [0.15, 0.2) is 0 Å². The average molecular weight is 610 g/mol. The fourth-order valence-corrected chi connectivity index (χ4v) is 10.5. The molecule has 44 heavy (non-hydrogen) atoms. The summed E-state index contributed by atoms with van der Waals surface area (Å²) in [5, 5.41) is 6.35. The molecule has 0 bridgehead atoms. The van der Waals surface area contributed by atoms with Gasteiger partial charge >= 0.3 is 0 Å². The third kappa shape index (κ3) is 6.73. The van der Waals surface area contributed by atoms with Crippen molar-refractivity contribution in [1.29, 1.82) is 0 Å². The number of hydrogen-bond acceptors (Lipinski definition) is 6. The second-order valence-electron chi connectivity index (χ2n) is 16.4. The molecule has 0 saturated heterocycles. The number of nitrogens with zero attached hydrogens (tertiary/aromatic N) is 1. The lowest BCUT2D eigenvalue weighted by atomic mass is 9.47. The predicted octanol–water partition coefficient (Wildman–Crippen LogP) is 7.48. The Morgan fingerprint density at radius 2 is 1.64 bits per heavy atom. The van der Waals surface area contributed by atoms with Crippen LogP contribution >= 0.6 is 0 Å². The summed E-state index contributed by atoms with van der Waals surface area (Å²) in [5.41, 5.74) is 2.60. The molecule has 0 spiro atoms. The van der Waals surface area contributed by atoms with Crippen LogP contribution in [-0.4, -0.2) is 51.3 Å². The van der Waals surface area contributed by atoms with Crippen molar-refractivity contribution in [3.05, 3.63) is 32.1 Å². The molecule has 6 heteroatoms. The normalized spacial score (nSPS) is 34.0. The highest BCUT2D eigenvalue weighted by molar-refractivity contribution is 5.73. The van der Waals surface area contributed by atoms with E-state index in [9.17, 15) is 9.59 Å². The average Bonchev–Trinajstić information content (AvgIpc) is 3.34. The van der Waals surface area contributed by atoms with Gasteiger partial charge in [0.2, 0.25) is 0 Å². The Balaban J connectivity index is 1.11. The summed E-state index contributed by atoms with van der Waals surface area (Å²) < 4.78 is 6.38. The van der Waals surface area contributed by atoms with Gasteiger partial charge in [-0.15, -0.1) is 0 Å². The number of rotatable bonds is 15. The fourth-order valence-electron chi connectivity index (χ4n) is 10.5. The molecule has 4 aliphatic carbocycles. The standard InChI is InChI=1S/C38H63N3O3/c1-25(2)10-8-11-26(3)30-14-15-31-29-13-12-27-24-28(16-18-37(27,4)32(29)17-19-38(30,31)5)44-23-21-40-34-33(35(42)36(34)43)39-20-9-22-41(6)7/h12,25-26,28-32,39-40H,8-11,13-24H2,1-7H3/t26-,28?,29?,30?,31?,32?,37?,38?/m1/s1. The first-order valence-electron chi connectivity index (χ1n) is 18.2. The van der Waals surface area contributed by atoms with E-state index in [4.69, 9.17) is 4.74 Å². The number of fused-ring (bicyclic) bond motifs is 5. The molecule has 0 radical (unpaired) electrons. The molecule has 8 atom stereocenters. The summed E-state index contributed by atoms with van der Waals surface area (Å²) in [6.45, 7) is 15.3. The van der Waals surface area contributed by atoms with E-state index in [1.165, 1.54) is 57.8 Å². The number of anilines is 2. The quantitative estimate of drug-likeness (QED) is 0.122. The van der Waals surface area contributed by atoms with Crippen LogP contribution in [0, 0.1) is 46.3 Å². The highest BCUT2D eigenvalue weighted by Gasteiger charge is 2.59. The second-order valence-corrected chi connectivity index (χ2v) is 16.4. The SMILES string of the molecule is CC(C)CCC[C@@H](C)C1CCC2C3CC=C4CC(OCCNc5c(NCCCN(C)C)c(=O)c5=O)CCC4(C)C3CCC21C. The zero-order valence-electron chi connectivity index (χ0n) is 29.1. The van der Waals surface area contributed by atoms with Crippen LogP contribution < -0.4 is 21.5 Å². The van der Waals surface area contributed by atoms with Crippen LogP contribution in [0.4, 0.5) is 11.4 Å². The zero-order valence-corrected chi connectivity index (χ0v) is 29.1. The van der Waals surface area contributed by atoms with Crippen molar-refractivity contribution in [3.63, 3.8) is 0 Å². The molecular formula is C38H63N3O3. The number of hydrogen-bond donors (Lipinski definition) is 2. The minimum absolute atomic E-state index is 0.250. The molecule has 5 rings (SSSR count). The molecule has 6 nitrogen and oxygen atoms in total. The Bertz CT molecular complexity index is 1210. The lowest BCUT2D eigenvalue weighted by Gasteiger charge is -2.58. The van der Waals surface area contributed by atoms with Gasteiger partial charge in [0, 0.05) is 13.1 Å². The lowest BCUT2D eigenvalue weighted by Crippen LogP contribution is -2.51. The smallest absolute Gasteiger partial charge is 0.253 e. The van der Waals surface area contributed by atoms with Gasteiger partial charge in [-0.2, -0.15) is 0 Å². The molecule has 3 fully saturated rings. The van der Waals surface area contributed by atoms with E-state index in [-0.39, 0.29) is 6.10 Å². The molecule has 0 heterocycles. The Morgan fingerprint density at radius 1 is 0.909 bits per heavy atom. The Kier molecular flexibility index (Phi) is 10.7. The first-order chi connectivity index (χ1) is 21.0. The van der Waals surface area contributed by atoms with Crippen molar-refractivity contribution in [2.24, 2.45) is 46.3 Å². The number of ether oxygens (including phenoxy) is 1. The van der Waals surface area contributed by atoms with Crippen LogP contribution in [0.5, 0.6) is 0 Å². The zero-order chi connectivity index (χ0) is 31.6. The van der Waals surface area contributed by atoms with Crippen molar-refractivity contribution in [2.75, 3.05) is 51.0 Å². The maximum absolute atomic E-state index is 12.2. The summed E-state index contributed by atoms with van der Waals surface area (Å²) >= 11 is 0. The monoisotopic (exact) mass is 609 g/mol. The Hall–Kier alpha value is -1.66. The van der Waals surface area contributed by atoms with Crippen LogP contribution in [0.15, 0.2) is 21.2 Å². The van der Waals surface area contributed by atoms with Gasteiger partial charge in [0.25, 0.3) is 10.9 Å². The van der Waals surface area contributed by atoms with Gasteiger partial charge in [0.1, 0.15) is 11.4 Å². The van der Waals surface area contributed by atoms with E-state index in [2.05, 4.69) is 56.2 Å². The van der Waals surface area contributed by atoms with E-state index in [1.807, 2.05) is 14.1 Å². The molecule has 7 unspecified atom stereocenters. The van der Waals surface area contributed by atoms with Crippen molar-refractivity contribution >= 4 is 11.4 Å². The summed E-state index contributed by atoms with van der Waals surface area (Å²) in [5.74, 6) is 5.19. The summed E-state index contributed by atoms with van der Waals surface area (Å²) in [6, 6.07) is 0. The molecule has 0 aliphatic heterocycles. The molecule has 1 aromatic carbocycles. The van der Waals surface area contributed by atoms with Gasteiger partial charge < -0.3 is 20.3 Å². The second kappa shape index (κ2) is 14.0. The maximum atomic E-state index is 12.2. The summed E-state index contributed by atoms with van der Waals surface area (Å²) in [7, 11) is 4.06. The van der Waals surface area contributed by atoms with Gasteiger partial charge in [0.05, 0.1) is 12.7 Å². The molecule has 0 aromatic heterocycles. The highest BCUT2D eigenvalue weighted by atomic mass is 16.5. The molecule has 248 valence electrons. The molecule has 2 N–H and O–H groups in total. The number of nitrogens with one attached hydrogen (secondary N) is 2. The van der Waals surface area contributed by atoms with Crippen LogP contribution in [0.2, 0.25) is 0 Å². The first kappa shape index (κ1) is 33.7. The third-order valence-electron chi connectivity index (χ3n) is 13.0. The fraction of sp³-hybridized carbons (Fsp3) is 0.842. The first-order valence-corrected chi connectivity index (χ1v) is 18.2. The largest absolute Gasteiger partial charge is 0.380 e. The molecule has 0 amide bonds. The third-order valence-corrected chi connectivity index (χ3v) is 13.0. The molecular weight excluding hydrogens is 546 g/mol. The van der Waals surface area contributed by atoms with E-state index >= 15 is 0 Å². The minimum atomic E-state index is -0.409. The van der Waals surface area contributed by atoms with Crippen LogP contribution in [-0.2, 0) is 4.74 Å². The van der Waals surface area contributed by atoms with Crippen LogP contribution in [0.3, 0.4) is 0 Å². The van der Waals surface area contributed by atoms with Crippen molar-refractivity contribution in [1.82, 2.24) is 4.90 Å². The van der Waals surface area contributed by atoms with Gasteiger partial charge in [-0.1, -0.05) is 65.5 Å². The summed E-state index contributed by atoms with van der Waals surface area (Å²) in [4.78, 5) is 26.3. The Morgan fingerprint density at radius 3 is 2.34 bits per heavy atom. The van der Waals surface area contributed by atoms with E-state index in [0.29, 0.717) is 41.9 Å². The van der Waals surface area contributed by atoms with E-state index in [0.717, 1.165) is 61.3 Å². The van der Waals surface area contributed by atoms with Crippen LogP contribution in [0.1, 0.15) is 112 Å². The van der Waals surface area contributed by atoms with Crippen molar-refractivity contribution in [3.8, 4) is 0 Å². The van der Waals surface area contributed by atoms with Gasteiger partial charge in [-0.25, -0.2) is 0 Å². The molecule has 3 saturated carbocycles. The van der Waals surface area contributed by atoms with Gasteiger partial charge in [-0.05, 0) is 125 Å². The number of allylic oxidation sites excluding steroid dienone is 1.